The molecule has 0 radical (unpaired) electrons. The van der Waals surface area contributed by atoms with Crippen molar-refractivity contribution in [2.24, 2.45) is 10.9 Å². The summed E-state index contributed by atoms with van der Waals surface area (Å²) < 4.78 is 13.0. The van der Waals surface area contributed by atoms with Gasteiger partial charge < -0.3 is 10.6 Å². The highest BCUT2D eigenvalue weighted by atomic mass is 19.1. The summed E-state index contributed by atoms with van der Waals surface area (Å²) in [5.41, 5.74) is 8.16. The zero-order valence-electron chi connectivity index (χ0n) is 14.4. The van der Waals surface area contributed by atoms with E-state index in [4.69, 9.17) is 10.6 Å². The van der Waals surface area contributed by atoms with Crippen LogP contribution in [-0.2, 0) is 9.63 Å². The van der Waals surface area contributed by atoms with Crippen molar-refractivity contribution in [3.8, 4) is 0 Å². The molecule has 0 unspecified atom stereocenters. The third-order valence-corrected chi connectivity index (χ3v) is 3.78. The second kappa shape index (κ2) is 8.58. The number of oxime groups is 1. The Morgan fingerprint density at radius 1 is 0.852 bits per heavy atom. The Morgan fingerprint density at radius 2 is 1.44 bits per heavy atom. The van der Waals surface area contributed by atoms with Crippen molar-refractivity contribution in [3.63, 3.8) is 0 Å². The summed E-state index contributed by atoms with van der Waals surface area (Å²) in [6.07, 6.45) is 1.72. The van der Waals surface area contributed by atoms with Gasteiger partial charge in [0.2, 0.25) is 0 Å². The minimum Gasteiger partial charge on any atom is -0.380 e. The minimum atomic E-state index is -0.643. The smallest absolute Gasteiger partial charge is 0.366 e. The Hall–Kier alpha value is -3.73. The molecule has 2 N–H and O–H groups in total. The SMILES string of the molecule is N/C(=N\OC(=O)/C(=C\c1ccccc1)c1ccccc1)c1ccc(F)cc1. The Balaban J connectivity index is 1.86. The molecule has 0 spiro atoms. The van der Waals surface area contributed by atoms with Crippen molar-refractivity contribution in [1.82, 2.24) is 0 Å². The van der Waals surface area contributed by atoms with Gasteiger partial charge in [-0.05, 0) is 41.5 Å². The Bertz CT molecular complexity index is 966. The van der Waals surface area contributed by atoms with Crippen LogP contribution in [0.3, 0.4) is 0 Å². The molecule has 0 atom stereocenters. The Morgan fingerprint density at radius 3 is 2.07 bits per heavy atom. The largest absolute Gasteiger partial charge is 0.380 e. The van der Waals surface area contributed by atoms with Crippen LogP contribution in [0.25, 0.3) is 11.6 Å². The first-order valence-corrected chi connectivity index (χ1v) is 8.26. The van der Waals surface area contributed by atoms with Gasteiger partial charge in [-0.2, -0.15) is 0 Å². The summed E-state index contributed by atoms with van der Waals surface area (Å²) in [5, 5.41) is 3.69. The lowest BCUT2D eigenvalue weighted by molar-refractivity contribution is -0.136. The number of halogens is 1. The molecule has 0 amide bonds. The van der Waals surface area contributed by atoms with Gasteiger partial charge in [-0.25, -0.2) is 9.18 Å². The topological polar surface area (TPSA) is 64.7 Å². The van der Waals surface area contributed by atoms with E-state index in [0.717, 1.165) is 5.56 Å². The number of benzene rings is 3. The molecule has 0 saturated carbocycles. The van der Waals surface area contributed by atoms with E-state index in [0.29, 0.717) is 16.7 Å². The predicted molar refractivity (Wildman–Crippen MR) is 104 cm³/mol. The molecule has 0 saturated heterocycles. The van der Waals surface area contributed by atoms with Gasteiger partial charge in [-0.3, -0.25) is 0 Å². The number of nitrogens with zero attached hydrogens (tertiary/aromatic N) is 1. The highest BCUT2D eigenvalue weighted by Gasteiger charge is 2.14. The van der Waals surface area contributed by atoms with E-state index in [2.05, 4.69) is 5.16 Å². The van der Waals surface area contributed by atoms with Crippen LogP contribution in [-0.4, -0.2) is 11.8 Å². The van der Waals surface area contributed by atoms with Crippen LogP contribution in [0.1, 0.15) is 16.7 Å². The molecule has 27 heavy (non-hydrogen) atoms. The average molecular weight is 360 g/mol. The highest BCUT2D eigenvalue weighted by Crippen LogP contribution is 2.20. The van der Waals surface area contributed by atoms with E-state index in [9.17, 15) is 9.18 Å². The van der Waals surface area contributed by atoms with Gasteiger partial charge in [-0.15, -0.1) is 0 Å². The summed E-state index contributed by atoms with van der Waals surface area (Å²) in [6, 6.07) is 24.0. The van der Waals surface area contributed by atoms with E-state index in [1.807, 2.05) is 60.7 Å². The summed E-state index contributed by atoms with van der Waals surface area (Å²) in [4.78, 5) is 17.7. The van der Waals surface area contributed by atoms with Gasteiger partial charge in [0, 0.05) is 5.56 Å². The van der Waals surface area contributed by atoms with Crippen molar-refractivity contribution in [2.45, 2.75) is 0 Å². The lowest BCUT2D eigenvalue weighted by Crippen LogP contribution is -2.15. The third kappa shape index (κ3) is 4.89. The Labute approximate surface area is 156 Å². The predicted octanol–water partition coefficient (Wildman–Crippen LogP) is 4.23. The molecule has 0 aliphatic carbocycles. The molecule has 5 heteroatoms. The maximum atomic E-state index is 13.0. The van der Waals surface area contributed by atoms with Crippen LogP contribution in [0, 0.1) is 5.82 Å². The number of amidine groups is 1. The fourth-order valence-electron chi connectivity index (χ4n) is 2.41. The summed E-state index contributed by atoms with van der Waals surface area (Å²) in [5.74, 6) is -1.05. The van der Waals surface area contributed by atoms with Crippen molar-refractivity contribution in [1.29, 1.82) is 0 Å². The molecule has 0 aromatic heterocycles. The first kappa shape index (κ1) is 18.1. The van der Waals surface area contributed by atoms with Gasteiger partial charge in [0.15, 0.2) is 5.84 Å². The monoisotopic (exact) mass is 360 g/mol. The number of nitrogens with two attached hydrogens (primary N) is 1. The highest BCUT2D eigenvalue weighted by molar-refractivity contribution is 6.21. The quantitative estimate of drug-likeness (QED) is 0.185. The molecule has 4 nitrogen and oxygen atoms in total. The molecular formula is C22H17FN2O2. The maximum absolute atomic E-state index is 13.0. The second-order valence-corrected chi connectivity index (χ2v) is 5.70. The van der Waals surface area contributed by atoms with Crippen molar-refractivity contribution < 1.29 is 14.0 Å². The third-order valence-electron chi connectivity index (χ3n) is 3.78. The zero-order valence-corrected chi connectivity index (χ0v) is 14.4. The number of hydrogen-bond acceptors (Lipinski definition) is 3. The van der Waals surface area contributed by atoms with Crippen molar-refractivity contribution in [2.75, 3.05) is 0 Å². The number of rotatable bonds is 5. The second-order valence-electron chi connectivity index (χ2n) is 5.70. The summed E-state index contributed by atoms with van der Waals surface area (Å²) in [6.45, 7) is 0. The molecule has 3 aromatic carbocycles. The first-order valence-electron chi connectivity index (χ1n) is 8.26. The fourth-order valence-corrected chi connectivity index (χ4v) is 2.41. The zero-order chi connectivity index (χ0) is 19.1. The van der Waals surface area contributed by atoms with Crippen LogP contribution in [0.2, 0.25) is 0 Å². The molecule has 0 aliphatic rings. The number of carbonyl (C=O) groups is 1. The molecule has 3 rings (SSSR count). The van der Waals surface area contributed by atoms with E-state index in [1.165, 1.54) is 24.3 Å². The van der Waals surface area contributed by atoms with E-state index in [1.54, 1.807) is 6.08 Å². The van der Waals surface area contributed by atoms with Crippen LogP contribution < -0.4 is 5.73 Å². The number of carbonyl (C=O) groups excluding carboxylic acids is 1. The summed E-state index contributed by atoms with van der Waals surface area (Å²) >= 11 is 0. The van der Waals surface area contributed by atoms with Crippen molar-refractivity contribution >= 4 is 23.5 Å². The van der Waals surface area contributed by atoms with Crippen LogP contribution >= 0.6 is 0 Å². The lowest BCUT2D eigenvalue weighted by Gasteiger charge is -2.06. The van der Waals surface area contributed by atoms with Gasteiger partial charge in [0.1, 0.15) is 5.82 Å². The van der Waals surface area contributed by atoms with Crippen molar-refractivity contribution in [3.05, 3.63) is 107 Å². The van der Waals surface area contributed by atoms with Crippen LogP contribution in [0.4, 0.5) is 4.39 Å². The normalized spacial score (nSPS) is 11.9. The van der Waals surface area contributed by atoms with E-state index < -0.39 is 5.97 Å². The van der Waals surface area contributed by atoms with Gasteiger partial charge in [0.05, 0.1) is 5.57 Å². The van der Waals surface area contributed by atoms with E-state index >= 15 is 0 Å². The van der Waals surface area contributed by atoms with E-state index in [-0.39, 0.29) is 11.7 Å². The maximum Gasteiger partial charge on any atom is 0.366 e. The molecule has 134 valence electrons. The van der Waals surface area contributed by atoms with Gasteiger partial charge in [-0.1, -0.05) is 65.8 Å². The average Bonchev–Trinajstić information content (AvgIpc) is 2.72. The van der Waals surface area contributed by atoms with Gasteiger partial charge >= 0.3 is 5.97 Å². The molecule has 0 fully saturated rings. The molecule has 0 aliphatic heterocycles. The standard InChI is InChI=1S/C22H17FN2O2/c23-19-13-11-18(12-14-19)21(24)25-27-22(26)20(17-9-5-2-6-10-17)15-16-7-3-1-4-8-16/h1-15H,(H2,24,25)/b20-15-. The van der Waals surface area contributed by atoms with Crippen LogP contribution in [0.15, 0.2) is 90.1 Å². The molecule has 0 bridgehead atoms. The fraction of sp³-hybridized carbons (Fsp3) is 0. The van der Waals surface area contributed by atoms with Gasteiger partial charge in [0.25, 0.3) is 0 Å². The summed E-state index contributed by atoms with van der Waals surface area (Å²) in [7, 11) is 0. The minimum absolute atomic E-state index is 0.0181. The lowest BCUT2D eigenvalue weighted by atomic mass is 10.0. The number of hydrogen-bond donors (Lipinski definition) is 1. The van der Waals surface area contributed by atoms with Crippen LogP contribution in [0.5, 0.6) is 0 Å². The molecule has 3 aromatic rings. The Kier molecular flexibility index (Phi) is 5.74. The molecular weight excluding hydrogens is 343 g/mol. The molecule has 0 heterocycles. The first-order chi connectivity index (χ1) is 13.1.